The number of unbranched alkanes of at least 4 members (excludes halogenated alkanes) is 1. The molecule has 0 bridgehead atoms. The number of amides is 1. The summed E-state index contributed by atoms with van der Waals surface area (Å²) in [4.78, 5) is 23.8. The monoisotopic (exact) mass is 378 g/mol. The van der Waals surface area contributed by atoms with Gasteiger partial charge in [0.2, 0.25) is 0 Å². The van der Waals surface area contributed by atoms with E-state index in [4.69, 9.17) is 4.74 Å². The summed E-state index contributed by atoms with van der Waals surface area (Å²) in [6, 6.07) is 5.29. The molecule has 146 valence electrons. The molecular formula is C16H21F3N2O5. The standard InChI is InChI=1S/C16H21F3N2O5/c1-4-5-10-26-14(23)21-15(13(22)25-3,16(17,18)19)20-11-6-8-12(24-2)9-7-11/h6-9,20H,4-5,10H2,1-3H3,(H,21,23)/t15-/m1/s1. The van der Waals surface area contributed by atoms with Gasteiger partial charge in [0.15, 0.2) is 0 Å². The van der Waals surface area contributed by atoms with Gasteiger partial charge in [0.1, 0.15) is 5.75 Å². The lowest BCUT2D eigenvalue weighted by atomic mass is 10.1. The summed E-state index contributed by atoms with van der Waals surface area (Å²) in [6.07, 6.45) is -5.47. The van der Waals surface area contributed by atoms with Crippen LogP contribution in [0.3, 0.4) is 0 Å². The summed E-state index contributed by atoms with van der Waals surface area (Å²) in [5.74, 6) is -1.34. The molecule has 0 saturated heterocycles. The van der Waals surface area contributed by atoms with Gasteiger partial charge in [-0.3, -0.25) is 5.32 Å². The van der Waals surface area contributed by atoms with Gasteiger partial charge in [0, 0.05) is 5.69 Å². The van der Waals surface area contributed by atoms with E-state index in [1.54, 1.807) is 5.32 Å². The lowest BCUT2D eigenvalue weighted by Gasteiger charge is -2.34. The van der Waals surface area contributed by atoms with Gasteiger partial charge in [-0.2, -0.15) is 13.2 Å². The predicted molar refractivity (Wildman–Crippen MR) is 86.8 cm³/mol. The number of alkyl carbamates (subject to hydrolysis) is 1. The fraction of sp³-hybridized carbons (Fsp3) is 0.500. The molecule has 0 fully saturated rings. The van der Waals surface area contributed by atoms with Crippen molar-refractivity contribution in [2.24, 2.45) is 0 Å². The van der Waals surface area contributed by atoms with Gasteiger partial charge in [0.25, 0.3) is 0 Å². The van der Waals surface area contributed by atoms with Crippen molar-refractivity contribution in [3.63, 3.8) is 0 Å². The quantitative estimate of drug-likeness (QED) is 0.411. The van der Waals surface area contributed by atoms with Crippen LogP contribution in [0.4, 0.5) is 23.7 Å². The average Bonchev–Trinajstić information content (AvgIpc) is 2.60. The van der Waals surface area contributed by atoms with Gasteiger partial charge in [-0.25, -0.2) is 9.59 Å². The number of esters is 1. The van der Waals surface area contributed by atoms with Crippen molar-refractivity contribution >= 4 is 17.7 Å². The van der Waals surface area contributed by atoms with E-state index in [9.17, 15) is 22.8 Å². The number of hydrogen-bond donors (Lipinski definition) is 2. The smallest absolute Gasteiger partial charge is 0.442 e. The average molecular weight is 378 g/mol. The van der Waals surface area contributed by atoms with Crippen LogP contribution in [-0.4, -0.2) is 44.7 Å². The molecule has 0 radical (unpaired) electrons. The summed E-state index contributed by atoms with van der Waals surface area (Å²) >= 11 is 0. The normalized spacial score (nSPS) is 13.3. The zero-order chi connectivity index (χ0) is 19.8. The van der Waals surface area contributed by atoms with E-state index >= 15 is 0 Å². The molecule has 1 rings (SSSR count). The third-order valence-electron chi connectivity index (χ3n) is 3.36. The number of halogens is 3. The van der Waals surface area contributed by atoms with Crippen molar-refractivity contribution in [1.29, 1.82) is 0 Å². The minimum Gasteiger partial charge on any atom is -0.497 e. The second kappa shape index (κ2) is 9.16. The molecular weight excluding hydrogens is 357 g/mol. The molecule has 0 saturated carbocycles. The number of carbonyl (C=O) groups excluding carboxylic acids is 2. The van der Waals surface area contributed by atoms with Crippen molar-refractivity contribution in [3.05, 3.63) is 24.3 Å². The second-order valence-corrected chi connectivity index (χ2v) is 5.21. The summed E-state index contributed by atoms with van der Waals surface area (Å²) in [5.41, 5.74) is -3.61. The number of carbonyl (C=O) groups is 2. The molecule has 0 unspecified atom stereocenters. The van der Waals surface area contributed by atoms with Crippen LogP contribution in [-0.2, 0) is 14.3 Å². The molecule has 1 aromatic carbocycles. The number of nitrogens with one attached hydrogen (secondary N) is 2. The third-order valence-corrected chi connectivity index (χ3v) is 3.36. The molecule has 1 amide bonds. The Morgan fingerprint density at radius 2 is 1.73 bits per heavy atom. The van der Waals surface area contributed by atoms with Gasteiger partial charge in [-0.1, -0.05) is 13.3 Å². The highest BCUT2D eigenvalue weighted by atomic mass is 19.4. The fourth-order valence-electron chi connectivity index (χ4n) is 1.93. The lowest BCUT2D eigenvalue weighted by molar-refractivity contribution is -0.203. The number of alkyl halides is 3. The fourth-order valence-corrected chi connectivity index (χ4v) is 1.93. The first kappa shape index (κ1) is 21.4. The van der Waals surface area contributed by atoms with Crippen LogP contribution < -0.4 is 15.4 Å². The molecule has 0 spiro atoms. The van der Waals surface area contributed by atoms with Gasteiger partial charge in [-0.05, 0) is 30.7 Å². The molecule has 10 heteroatoms. The molecule has 0 heterocycles. The van der Waals surface area contributed by atoms with Crippen LogP contribution in [0.1, 0.15) is 19.8 Å². The van der Waals surface area contributed by atoms with E-state index in [0.29, 0.717) is 18.6 Å². The van der Waals surface area contributed by atoms with Crippen molar-refractivity contribution in [2.45, 2.75) is 31.6 Å². The summed E-state index contributed by atoms with van der Waals surface area (Å²) in [5, 5.41) is 3.54. The Morgan fingerprint density at radius 1 is 1.12 bits per heavy atom. The van der Waals surface area contributed by atoms with E-state index in [-0.39, 0.29) is 12.3 Å². The van der Waals surface area contributed by atoms with Crippen molar-refractivity contribution in [3.8, 4) is 5.75 Å². The summed E-state index contributed by atoms with van der Waals surface area (Å²) < 4.78 is 55.1. The number of anilines is 1. The Morgan fingerprint density at radius 3 is 2.19 bits per heavy atom. The number of benzene rings is 1. The number of methoxy groups -OCH3 is 2. The molecule has 0 aliphatic carbocycles. The Balaban J connectivity index is 3.16. The molecule has 2 N–H and O–H groups in total. The van der Waals surface area contributed by atoms with Crippen LogP contribution in [0.25, 0.3) is 0 Å². The highest BCUT2D eigenvalue weighted by molar-refractivity contribution is 5.89. The minimum absolute atomic E-state index is 0.0834. The summed E-state index contributed by atoms with van der Waals surface area (Å²) in [6.45, 7) is 1.74. The van der Waals surface area contributed by atoms with E-state index in [0.717, 1.165) is 7.11 Å². The molecule has 7 nitrogen and oxygen atoms in total. The van der Waals surface area contributed by atoms with E-state index < -0.39 is 23.9 Å². The maximum absolute atomic E-state index is 13.7. The number of rotatable bonds is 8. The number of ether oxygens (including phenoxy) is 3. The zero-order valence-electron chi connectivity index (χ0n) is 14.6. The third kappa shape index (κ3) is 5.17. The Labute approximate surface area is 148 Å². The van der Waals surface area contributed by atoms with Crippen LogP contribution in [0, 0.1) is 0 Å². The van der Waals surface area contributed by atoms with Crippen LogP contribution in [0.15, 0.2) is 24.3 Å². The first-order valence-corrected chi connectivity index (χ1v) is 7.72. The Kier molecular flexibility index (Phi) is 7.54. The molecule has 0 aromatic heterocycles. The van der Waals surface area contributed by atoms with Crippen molar-refractivity contribution in [2.75, 3.05) is 26.1 Å². The molecule has 1 atom stereocenters. The maximum Gasteiger partial charge on any atom is 0.442 e. The van der Waals surface area contributed by atoms with Gasteiger partial charge in [0.05, 0.1) is 20.8 Å². The topological polar surface area (TPSA) is 85.9 Å². The second-order valence-electron chi connectivity index (χ2n) is 5.21. The van der Waals surface area contributed by atoms with Gasteiger partial charge >= 0.3 is 23.9 Å². The molecule has 26 heavy (non-hydrogen) atoms. The predicted octanol–water partition coefficient (Wildman–Crippen LogP) is 3.07. The zero-order valence-corrected chi connectivity index (χ0v) is 14.6. The van der Waals surface area contributed by atoms with E-state index in [1.807, 2.05) is 12.2 Å². The number of hydrogen-bond acceptors (Lipinski definition) is 6. The molecule has 0 aliphatic heterocycles. The molecule has 0 aliphatic rings. The van der Waals surface area contributed by atoms with Gasteiger partial charge < -0.3 is 19.5 Å². The SMILES string of the molecule is CCCCOC(=O)N[C@](Nc1ccc(OC)cc1)(C(=O)OC)C(F)(F)F. The first-order chi connectivity index (χ1) is 12.2. The lowest BCUT2D eigenvalue weighted by Crippen LogP contribution is -2.69. The molecule has 1 aromatic rings. The summed E-state index contributed by atoms with van der Waals surface area (Å²) in [7, 11) is 2.17. The van der Waals surface area contributed by atoms with E-state index in [2.05, 4.69) is 9.47 Å². The van der Waals surface area contributed by atoms with Crippen molar-refractivity contribution in [1.82, 2.24) is 5.32 Å². The van der Waals surface area contributed by atoms with Crippen LogP contribution in [0.5, 0.6) is 5.75 Å². The Hall–Kier alpha value is -2.65. The largest absolute Gasteiger partial charge is 0.497 e. The highest BCUT2D eigenvalue weighted by Gasteiger charge is 2.64. The Bertz CT molecular complexity index is 607. The highest BCUT2D eigenvalue weighted by Crippen LogP contribution is 2.33. The van der Waals surface area contributed by atoms with Crippen LogP contribution >= 0.6 is 0 Å². The first-order valence-electron chi connectivity index (χ1n) is 7.72. The van der Waals surface area contributed by atoms with E-state index in [1.165, 1.54) is 31.4 Å². The van der Waals surface area contributed by atoms with Crippen molar-refractivity contribution < 1.29 is 37.0 Å². The van der Waals surface area contributed by atoms with Gasteiger partial charge in [-0.15, -0.1) is 0 Å². The minimum atomic E-state index is -5.22. The van der Waals surface area contributed by atoms with Crippen LogP contribution in [0.2, 0.25) is 0 Å². The maximum atomic E-state index is 13.7.